The summed E-state index contributed by atoms with van der Waals surface area (Å²) in [5, 5.41) is 6.80. The molecular formula is C15H25N3O4S. The van der Waals surface area contributed by atoms with Crippen LogP contribution in [0.2, 0.25) is 0 Å². The molecule has 3 rings (SSSR count). The first-order chi connectivity index (χ1) is 11.1. The second-order valence-corrected chi connectivity index (χ2v) is 9.08. The smallest absolute Gasteiger partial charge is 0.228 e. The van der Waals surface area contributed by atoms with Crippen LogP contribution >= 0.6 is 0 Å². The molecule has 0 bridgehead atoms. The predicted molar refractivity (Wildman–Crippen MR) is 85.1 cm³/mol. The van der Waals surface area contributed by atoms with Crippen LogP contribution < -0.4 is 5.32 Å². The zero-order valence-electron chi connectivity index (χ0n) is 13.6. The highest BCUT2D eigenvalue weighted by Crippen LogP contribution is 2.38. The van der Waals surface area contributed by atoms with Gasteiger partial charge in [0.2, 0.25) is 5.89 Å². The van der Waals surface area contributed by atoms with Crippen LogP contribution in [-0.2, 0) is 26.4 Å². The molecule has 0 radical (unpaired) electrons. The molecule has 2 fully saturated rings. The molecule has 1 aromatic rings. The van der Waals surface area contributed by atoms with Gasteiger partial charge >= 0.3 is 0 Å². The number of rotatable bonds is 5. The summed E-state index contributed by atoms with van der Waals surface area (Å²) < 4.78 is 35.0. The minimum absolute atomic E-state index is 0.173. The summed E-state index contributed by atoms with van der Waals surface area (Å²) in [6.45, 7) is 1.55. The Hall–Kier alpha value is -0.990. The molecule has 8 heteroatoms. The lowest BCUT2D eigenvalue weighted by atomic mass is 9.74. The Morgan fingerprint density at radius 2 is 2.13 bits per heavy atom. The number of ether oxygens (including phenoxy) is 1. The van der Waals surface area contributed by atoms with E-state index in [0.29, 0.717) is 31.4 Å². The molecule has 1 aliphatic carbocycles. The van der Waals surface area contributed by atoms with E-state index in [2.05, 4.69) is 15.5 Å². The van der Waals surface area contributed by atoms with Gasteiger partial charge in [0.1, 0.15) is 0 Å². The second kappa shape index (κ2) is 6.86. The minimum Gasteiger partial charge on any atom is -0.384 e. The summed E-state index contributed by atoms with van der Waals surface area (Å²) in [6.07, 6.45) is 5.75. The van der Waals surface area contributed by atoms with Gasteiger partial charge in [-0.3, -0.25) is 0 Å². The van der Waals surface area contributed by atoms with E-state index in [4.69, 9.17) is 9.26 Å². The van der Waals surface area contributed by atoms with Gasteiger partial charge in [-0.25, -0.2) is 8.42 Å². The molecule has 1 saturated carbocycles. The van der Waals surface area contributed by atoms with Crippen molar-refractivity contribution in [2.24, 2.45) is 0 Å². The van der Waals surface area contributed by atoms with Crippen LogP contribution in [0.1, 0.15) is 43.8 Å². The van der Waals surface area contributed by atoms with E-state index in [-0.39, 0.29) is 17.6 Å². The molecule has 0 aromatic carbocycles. The third kappa shape index (κ3) is 3.59. The molecule has 130 valence electrons. The Balaban J connectivity index is 1.76. The lowest BCUT2D eigenvalue weighted by Crippen LogP contribution is -2.45. The second-order valence-electron chi connectivity index (χ2n) is 6.68. The predicted octanol–water partition coefficient (Wildman–Crippen LogP) is 0.847. The van der Waals surface area contributed by atoms with Gasteiger partial charge in [-0.1, -0.05) is 24.4 Å². The van der Waals surface area contributed by atoms with Crippen molar-refractivity contribution in [1.29, 1.82) is 0 Å². The molecule has 1 N–H and O–H groups in total. The van der Waals surface area contributed by atoms with Crippen LogP contribution in [0.15, 0.2) is 4.52 Å². The summed E-state index contributed by atoms with van der Waals surface area (Å²) in [5.41, 5.74) is -0.182. The van der Waals surface area contributed by atoms with Crippen LogP contribution in [0.5, 0.6) is 0 Å². The quantitative estimate of drug-likeness (QED) is 0.847. The summed E-state index contributed by atoms with van der Waals surface area (Å²) in [6, 6.07) is 0. The Kier molecular flexibility index (Phi) is 5.03. The normalized spacial score (nSPS) is 26.9. The van der Waals surface area contributed by atoms with Crippen molar-refractivity contribution in [3.05, 3.63) is 11.7 Å². The molecular weight excluding hydrogens is 318 g/mol. The Morgan fingerprint density at radius 3 is 2.83 bits per heavy atom. The minimum atomic E-state index is -3.08. The highest BCUT2D eigenvalue weighted by molar-refractivity contribution is 7.92. The SMILES string of the molecule is COCC1(c2noc(C[C@H]3CNCCS3(=O)=O)n2)CCCCC1. The van der Waals surface area contributed by atoms with Crippen molar-refractivity contribution >= 4 is 9.84 Å². The van der Waals surface area contributed by atoms with Crippen molar-refractivity contribution in [2.75, 3.05) is 32.6 Å². The molecule has 1 atom stereocenters. The maximum Gasteiger partial charge on any atom is 0.228 e. The van der Waals surface area contributed by atoms with Crippen molar-refractivity contribution in [1.82, 2.24) is 15.5 Å². The molecule has 2 aliphatic rings. The van der Waals surface area contributed by atoms with Crippen molar-refractivity contribution in [3.63, 3.8) is 0 Å². The molecule has 7 nitrogen and oxygen atoms in total. The molecule has 2 heterocycles. The lowest BCUT2D eigenvalue weighted by molar-refractivity contribution is 0.0961. The number of methoxy groups -OCH3 is 1. The van der Waals surface area contributed by atoms with Gasteiger partial charge in [0.05, 0.1) is 23.0 Å². The number of hydrogen-bond donors (Lipinski definition) is 1. The number of nitrogens with zero attached hydrogens (tertiary/aromatic N) is 2. The Bertz CT molecular complexity index is 617. The van der Waals surface area contributed by atoms with E-state index in [1.165, 1.54) is 6.42 Å². The molecule has 0 spiro atoms. The van der Waals surface area contributed by atoms with Gasteiger partial charge in [0.15, 0.2) is 15.7 Å². The Labute approximate surface area is 137 Å². The monoisotopic (exact) mass is 343 g/mol. The van der Waals surface area contributed by atoms with Gasteiger partial charge in [0, 0.05) is 26.6 Å². The lowest BCUT2D eigenvalue weighted by Gasteiger charge is -2.33. The summed E-state index contributed by atoms with van der Waals surface area (Å²) >= 11 is 0. The van der Waals surface area contributed by atoms with Crippen LogP contribution in [0, 0.1) is 0 Å². The average molecular weight is 343 g/mol. The van der Waals surface area contributed by atoms with E-state index in [1.807, 2.05) is 0 Å². The standard InChI is InChI=1S/C15H25N3O4S/c1-21-11-15(5-3-2-4-6-15)14-17-13(22-18-14)9-12-10-16-7-8-23(12,19)20/h12,16H,2-11H2,1H3/t12-/m0/s1. The molecule has 0 unspecified atom stereocenters. The van der Waals surface area contributed by atoms with Crippen LogP contribution in [-0.4, -0.2) is 56.4 Å². The number of sulfone groups is 1. The number of hydrogen-bond acceptors (Lipinski definition) is 7. The maximum atomic E-state index is 12.1. The largest absolute Gasteiger partial charge is 0.384 e. The summed E-state index contributed by atoms with van der Waals surface area (Å²) in [7, 11) is -1.39. The molecule has 1 aliphatic heterocycles. The van der Waals surface area contributed by atoms with Crippen molar-refractivity contribution in [2.45, 2.75) is 49.2 Å². The highest BCUT2D eigenvalue weighted by Gasteiger charge is 2.39. The molecule has 0 amide bonds. The van der Waals surface area contributed by atoms with E-state index in [9.17, 15) is 8.42 Å². The van der Waals surface area contributed by atoms with E-state index < -0.39 is 15.1 Å². The van der Waals surface area contributed by atoms with E-state index in [1.54, 1.807) is 7.11 Å². The van der Waals surface area contributed by atoms with Gasteiger partial charge in [-0.05, 0) is 12.8 Å². The fourth-order valence-electron chi connectivity index (χ4n) is 3.66. The molecule has 1 saturated heterocycles. The third-order valence-corrected chi connectivity index (χ3v) is 7.14. The fourth-order valence-corrected chi connectivity index (χ4v) is 5.19. The summed E-state index contributed by atoms with van der Waals surface area (Å²) in [5.74, 6) is 1.26. The zero-order chi connectivity index (χ0) is 16.3. The van der Waals surface area contributed by atoms with Gasteiger partial charge < -0.3 is 14.6 Å². The fraction of sp³-hybridized carbons (Fsp3) is 0.867. The van der Waals surface area contributed by atoms with Crippen LogP contribution in [0.3, 0.4) is 0 Å². The number of nitrogens with one attached hydrogen (secondary N) is 1. The average Bonchev–Trinajstić information content (AvgIpc) is 3.00. The first-order valence-corrected chi connectivity index (χ1v) is 10.0. The third-order valence-electron chi connectivity index (χ3n) is 5.02. The topological polar surface area (TPSA) is 94.3 Å². The van der Waals surface area contributed by atoms with Crippen LogP contribution in [0.25, 0.3) is 0 Å². The van der Waals surface area contributed by atoms with E-state index >= 15 is 0 Å². The molecule has 23 heavy (non-hydrogen) atoms. The maximum absolute atomic E-state index is 12.1. The van der Waals surface area contributed by atoms with E-state index in [0.717, 1.165) is 25.7 Å². The highest BCUT2D eigenvalue weighted by atomic mass is 32.2. The zero-order valence-corrected chi connectivity index (χ0v) is 14.4. The van der Waals surface area contributed by atoms with Crippen LogP contribution in [0.4, 0.5) is 0 Å². The van der Waals surface area contributed by atoms with Crippen molar-refractivity contribution < 1.29 is 17.7 Å². The Morgan fingerprint density at radius 1 is 1.35 bits per heavy atom. The first-order valence-electron chi connectivity index (χ1n) is 8.30. The van der Waals surface area contributed by atoms with Gasteiger partial charge in [-0.2, -0.15) is 4.98 Å². The van der Waals surface area contributed by atoms with Gasteiger partial charge in [-0.15, -0.1) is 0 Å². The van der Waals surface area contributed by atoms with Crippen molar-refractivity contribution in [3.8, 4) is 0 Å². The molecule has 1 aromatic heterocycles. The summed E-state index contributed by atoms with van der Waals surface area (Å²) in [4.78, 5) is 4.53. The first kappa shape index (κ1) is 16.9. The van der Waals surface area contributed by atoms with Gasteiger partial charge in [0.25, 0.3) is 0 Å². The number of aromatic nitrogens is 2.